The van der Waals surface area contributed by atoms with Crippen LogP contribution in [0.5, 0.6) is 0 Å². The largest absolute Gasteiger partial charge is 0.351 e. The SMILES string of the molecule is O=C(NCC1NC2C3C=CC(C3)(O1)C2C1CN=CS1)c1ccc(Cl)cc1Cl. The topological polar surface area (TPSA) is 62.7 Å². The lowest BCUT2D eigenvalue weighted by Crippen LogP contribution is -2.63. The number of carbonyl (C=O) groups excluding carboxylic acids is 1. The number of rotatable bonds is 4. The van der Waals surface area contributed by atoms with Gasteiger partial charge < -0.3 is 10.1 Å². The Labute approximate surface area is 171 Å². The number of hydrogen-bond acceptors (Lipinski definition) is 5. The molecule has 1 spiro atoms. The molecule has 1 saturated heterocycles. The van der Waals surface area contributed by atoms with Gasteiger partial charge in [0.1, 0.15) is 6.23 Å². The lowest BCUT2D eigenvalue weighted by Gasteiger charge is -2.47. The maximum Gasteiger partial charge on any atom is 0.252 e. The molecule has 1 aromatic rings. The molecule has 2 aliphatic carbocycles. The number of hydrogen-bond donors (Lipinski definition) is 2. The van der Waals surface area contributed by atoms with E-state index in [0.29, 0.717) is 45.3 Å². The maximum absolute atomic E-state index is 12.5. The van der Waals surface area contributed by atoms with Crippen LogP contribution in [-0.2, 0) is 4.74 Å². The van der Waals surface area contributed by atoms with E-state index >= 15 is 0 Å². The predicted molar refractivity (Wildman–Crippen MR) is 109 cm³/mol. The average molecular weight is 424 g/mol. The fraction of sp³-hybridized carbons (Fsp3) is 0.474. The molecule has 1 aromatic carbocycles. The van der Waals surface area contributed by atoms with Crippen molar-refractivity contribution >= 4 is 46.4 Å². The summed E-state index contributed by atoms with van der Waals surface area (Å²) in [5.41, 5.74) is 2.14. The molecule has 2 fully saturated rings. The summed E-state index contributed by atoms with van der Waals surface area (Å²) in [7, 11) is 0. The molecule has 8 heteroatoms. The first-order chi connectivity index (χ1) is 13.1. The summed E-state index contributed by atoms with van der Waals surface area (Å²) in [5.74, 6) is 0.676. The molecule has 27 heavy (non-hydrogen) atoms. The fourth-order valence-electron chi connectivity index (χ4n) is 4.87. The summed E-state index contributed by atoms with van der Waals surface area (Å²) in [6.07, 6.45) is 5.31. The van der Waals surface area contributed by atoms with Crippen LogP contribution in [0.4, 0.5) is 0 Å². The van der Waals surface area contributed by atoms with Crippen LogP contribution in [0.3, 0.4) is 0 Å². The van der Waals surface area contributed by atoms with Gasteiger partial charge in [0.05, 0.1) is 34.8 Å². The van der Waals surface area contributed by atoms with Gasteiger partial charge >= 0.3 is 0 Å². The molecule has 5 nitrogen and oxygen atoms in total. The minimum Gasteiger partial charge on any atom is -0.351 e. The number of carbonyl (C=O) groups is 1. The van der Waals surface area contributed by atoms with E-state index in [9.17, 15) is 4.79 Å². The van der Waals surface area contributed by atoms with E-state index in [2.05, 4.69) is 27.8 Å². The van der Waals surface area contributed by atoms with Gasteiger partial charge in [-0.25, -0.2) is 0 Å². The summed E-state index contributed by atoms with van der Waals surface area (Å²) < 4.78 is 6.48. The Morgan fingerprint density at radius 1 is 1.44 bits per heavy atom. The number of amides is 1. The molecule has 2 aliphatic heterocycles. The number of benzene rings is 1. The summed E-state index contributed by atoms with van der Waals surface area (Å²) in [5, 5.41) is 7.86. The Hall–Kier alpha value is -1.05. The highest BCUT2D eigenvalue weighted by Gasteiger charge is 2.62. The number of thioether (sulfide) groups is 1. The lowest BCUT2D eigenvalue weighted by molar-refractivity contribution is -0.130. The Morgan fingerprint density at radius 3 is 3.07 bits per heavy atom. The van der Waals surface area contributed by atoms with E-state index in [1.54, 1.807) is 18.2 Å². The van der Waals surface area contributed by atoms with Crippen molar-refractivity contribution in [3.8, 4) is 0 Å². The van der Waals surface area contributed by atoms with Crippen LogP contribution in [0.15, 0.2) is 35.3 Å². The van der Waals surface area contributed by atoms with Crippen LogP contribution in [0, 0.1) is 11.8 Å². The number of ether oxygens (including phenoxy) is 1. The predicted octanol–water partition coefficient (Wildman–Crippen LogP) is 3.13. The number of halogens is 2. The third-order valence-corrected chi connectivity index (χ3v) is 7.56. The number of fused-ring (bicyclic) bond motifs is 3. The van der Waals surface area contributed by atoms with Gasteiger partial charge in [-0.15, -0.1) is 11.8 Å². The molecule has 142 valence electrons. The van der Waals surface area contributed by atoms with Gasteiger partial charge in [0.15, 0.2) is 0 Å². The third kappa shape index (κ3) is 3.02. The Kier molecular flexibility index (Phi) is 4.52. The molecule has 6 unspecified atom stereocenters. The summed E-state index contributed by atoms with van der Waals surface area (Å²) in [4.78, 5) is 16.9. The molecule has 0 radical (unpaired) electrons. The first-order valence-corrected chi connectivity index (χ1v) is 10.8. The van der Waals surface area contributed by atoms with Gasteiger partial charge in [-0.3, -0.25) is 15.1 Å². The van der Waals surface area contributed by atoms with Gasteiger partial charge in [-0.1, -0.05) is 35.4 Å². The minimum atomic E-state index is -0.237. The molecule has 2 N–H and O–H groups in total. The van der Waals surface area contributed by atoms with Crippen molar-refractivity contribution in [3.05, 3.63) is 46.0 Å². The molecule has 4 aliphatic rings. The Morgan fingerprint density at radius 2 is 2.33 bits per heavy atom. The van der Waals surface area contributed by atoms with Gasteiger partial charge in [-0.05, 0) is 30.5 Å². The molecule has 1 saturated carbocycles. The van der Waals surface area contributed by atoms with Crippen LogP contribution in [-0.4, -0.2) is 47.7 Å². The summed E-state index contributed by atoms with van der Waals surface area (Å²) in [6, 6.07) is 5.23. The molecule has 6 atom stereocenters. The first kappa shape index (κ1) is 18.0. The van der Waals surface area contributed by atoms with Crippen LogP contribution < -0.4 is 10.6 Å². The number of aliphatic imine (C=N–C) groups is 1. The van der Waals surface area contributed by atoms with Crippen molar-refractivity contribution in [2.45, 2.75) is 29.5 Å². The molecular formula is C19H19Cl2N3O2S. The van der Waals surface area contributed by atoms with Crippen molar-refractivity contribution in [2.24, 2.45) is 16.8 Å². The van der Waals surface area contributed by atoms with Crippen molar-refractivity contribution in [2.75, 3.05) is 13.1 Å². The summed E-state index contributed by atoms with van der Waals surface area (Å²) in [6.45, 7) is 1.24. The second-order valence-electron chi connectivity index (χ2n) is 7.49. The Balaban J connectivity index is 1.26. The standard InChI is InChI=1S/C19H19Cl2N3O2S/c20-11-1-2-12(13(21)5-11)18(25)23-8-15-24-17-10-3-4-19(6-10,26-15)16(17)14-7-22-9-27-14/h1-5,9-10,14-17,24H,6-8H2,(H,23,25). The van der Waals surface area contributed by atoms with Crippen LogP contribution >= 0.6 is 35.0 Å². The second-order valence-corrected chi connectivity index (χ2v) is 9.42. The van der Waals surface area contributed by atoms with E-state index in [4.69, 9.17) is 27.9 Å². The smallest absolute Gasteiger partial charge is 0.252 e. The first-order valence-electron chi connectivity index (χ1n) is 9.06. The van der Waals surface area contributed by atoms with Gasteiger partial charge in [0, 0.05) is 22.2 Å². The lowest BCUT2D eigenvalue weighted by atomic mass is 9.81. The molecule has 1 amide bonds. The molecule has 2 heterocycles. The zero-order chi connectivity index (χ0) is 18.6. The number of nitrogens with one attached hydrogen (secondary N) is 2. The van der Waals surface area contributed by atoms with E-state index in [0.717, 1.165) is 13.0 Å². The molecular weight excluding hydrogens is 405 g/mol. The van der Waals surface area contributed by atoms with E-state index in [-0.39, 0.29) is 17.7 Å². The average Bonchev–Trinajstić information content (AvgIpc) is 3.32. The minimum absolute atomic E-state index is 0.219. The quantitative estimate of drug-likeness (QED) is 0.730. The second kappa shape index (κ2) is 6.78. The monoisotopic (exact) mass is 423 g/mol. The van der Waals surface area contributed by atoms with Crippen molar-refractivity contribution in [3.63, 3.8) is 0 Å². The van der Waals surface area contributed by atoms with E-state index in [1.165, 1.54) is 0 Å². The molecule has 5 rings (SSSR count). The third-order valence-electron chi connectivity index (χ3n) is 5.95. The van der Waals surface area contributed by atoms with Crippen LogP contribution in [0.2, 0.25) is 10.0 Å². The van der Waals surface area contributed by atoms with Gasteiger partial charge in [-0.2, -0.15) is 0 Å². The van der Waals surface area contributed by atoms with E-state index < -0.39 is 0 Å². The van der Waals surface area contributed by atoms with Gasteiger partial charge in [0.25, 0.3) is 5.91 Å². The number of nitrogens with zero attached hydrogens (tertiary/aromatic N) is 1. The van der Waals surface area contributed by atoms with Gasteiger partial charge in [0.2, 0.25) is 0 Å². The zero-order valence-corrected chi connectivity index (χ0v) is 16.7. The Bertz CT molecular complexity index is 840. The van der Waals surface area contributed by atoms with E-state index in [1.807, 2.05) is 17.3 Å². The molecule has 3 bridgehead atoms. The van der Waals surface area contributed by atoms with Crippen LogP contribution in [0.25, 0.3) is 0 Å². The van der Waals surface area contributed by atoms with Crippen molar-refractivity contribution < 1.29 is 9.53 Å². The van der Waals surface area contributed by atoms with Crippen molar-refractivity contribution in [1.82, 2.24) is 10.6 Å². The van der Waals surface area contributed by atoms with Crippen molar-refractivity contribution in [1.29, 1.82) is 0 Å². The highest BCUT2D eigenvalue weighted by atomic mass is 35.5. The maximum atomic E-state index is 12.5. The highest BCUT2D eigenvalue weighted by molar-refractivity contribution is 8.12. The highest BCUT2D eigenvalue weighted by Crippen LogP contribution is 2.55. The normalized spacial score (nSPS) is 38.5. The zero-order valence-electron chi connectivity index (χ0n) is 14.4. The molecule has 0 aromatic heterocycles. The van der Waals surface area contributed by atoms with Crippen LogP contribution in [0.1, 0.15) is 16.8 Å². The fourth-order valence-corrected chi connectivity index (χ4v) is 6.44. The summed E-state index contributed by atoms with van der Waals surface area (Å²) >= 11 is 13.8.